The third kappa shape index (κ3) is 16.3. The van der Waals surface area contributed by atoms with Crippen LogP contribution in [0.2, 0.25) is 0 Å². The van der Waals surface area contributed by atoms with Crippen LogP contribution >= 0.6 is 0 Å². The minimum Gasteiger partial charge on any atom is -0.387 e. The fourth-order valence-corrected chi connectivity index (χ4v) is 2.92. The van der Waals surface area contributed by atoms with Crippen molar-refractivity contribution in [2.45, 2.75) is 122 Å². The van der Waals surface area contributed by atoms with Crippen molar-refractivity contribution in [2.75, 3.05) is 0 Å². The van der Waals surface area contributed by atoms with Gasteiger partial charge in [-0.3, -0.25) is 0 Å². The van der Waals surface area contributed by atoms with Gasteiger partial charge < -0.3 is 10.8 Å². The average Bonchev–Trinajstić information content (AvgIpc) is 2.56. The normalized spacial score (nSPS) is 14.4. The third-order valence-corrected chi connectivity index (χ3v) is 4.64. The van der Waals surface area contributed by atoms with E-state index in [0.29, 0.717) is 0 Å². The maximum Gasteiger partial charge on any atom is 0.0871 e. The molecule has 0 saturated heterocycles. The highest BCUT2D eigenvalue weighted by Crippen LogP contribution is 2.12. The Kier molecular flexibility index (Phi) is 17.7. The molecule has 2 heteroatoms. The van der Waals surface area contributed by atoms with Crippen molar-refractivity contribution in [3.63, 3.8) is 0 Å². The number of hydrogen-bond donors (Lipinski definition) is 2. The lowest BCUT2D eigenvalue weighted by atomic mass is 10.0. The molecule has 0 saturated carbocycles. The van der Waals surface area contributed by atoms with E-state index in [0.717, 1.165) is 25.7 Å². The SMILES string of the molecule is CCCCCCCCCCCCC/C=C/[C@@H](O)[C@@H](N)CCCC. The Hall–Kier alpha value is -0.340. The molecule has 0 rings (SSSR count). The zero-order valence-electron chi connectivity index (χ0n) is 15.9. The smallest absolute Gasteiger partial charge is 0.0871 e. The van der Waals surface area contributed by atoms with Crippen LogP contribution in [-0.2, 0) is 0 Å². The zero-order valence-corrected chi connectivity index (χ0v) is 15.9. The van der Waals surface area contributed by atoms with E-state index in [1.807, 2.05) is 6.08 Å². The second kappa shape index (κ2) is 18.0. The van der Waals surface area contributed by atoms with Gasteiger partial charge in [-0.25, -0.2) is 0 Å². The highest BCUT2D eigenvalue weighted by molar-refractivity contribution is 4.93. The number of allylic oxidation sites excluding steroid dienone is 1. The monoisotopic (exact) mass is 325 g/mol. The fourth-order valence-electron chi connectivity index (χ4n) is 2.92. The molecule has 0 amide bonds. The number of nitrogens with two attached hydrogens (primary N) is 1. The molecule has 2 atom stereocenters. The van der Waals surface area contributed by atoms with Gasteiger partial charge in [0.1, 0.15) is 0 Å². The average molecular weight is 326 g/mol. The lowest BCUT2D eigenvalue weighted by Gasteiger charge is -2.14. The fraction of sp³-hybridized carbons (Fsp3) is 0.905. The van der Waals surface area contributed by atoms with Gasteiger partial charge in [-0.2, -0.15) is 0 Å². The van der Waals surface area contributed by atoms with Crippen LogP contribution < -0.4 is 5.73 Å². The zero-order chi connectivity index (χ0) is 17.2. The summed E-state index contributed by atoms with van der Waals surface area (Å²) in [6.45, 7) is 4.43. The summed E-state index contributed by atoms with van der Waals surface area (Å²) in [4.78, 5) is 0. The predicted molar refractivity (Wildman–Crippen MR) is 104 cm³/mol. The lowest BCUT2D eigenvalue weighted by molar-refractivity contribution is 0.184. The van der Waals surface area contributed by atoms with Crippen molar-refractivity contribution in [3.05, 3.63) is 12.2 Å². The lowest BCUT2D eigenvalue weighted by Crippen LogP contribution is -2.32. The number of aliphatic hydroxyl groups is 1. The van der Waals surface area contributed by atoms with E-state index < -0.39 is 6.10 Å². The Morgan fingerprint density at radius 1 is 0.739 bits per heavy atom. The molecule has 0 spiro atoms. The van der Waals surface area contributed by atoms with Crippen LogP contribution in [0.4, 0.5) is 0 Å². The first-order chi connectivity index (χ1) is 11.2. The number of rotatable bonds is 17. The van der Waals surface area contributed by atoms with E-state index in [4.69, 9.17) is 5.73 Å². The Morgan fingerprint density at radius 3 is 1.74 bits per heavy atom. The second-order valence-electron chi connectivity index (χ2n) is 7.05. The molecule has 3 N–H and O–H groups in total. The highest BCUT2D eigenvalue weighted by Gasteiger charge is 2.09. The van der Waals surface area contributed by atoms with Crippen LogP contribution in [0, 0.1) is 0 Å². The van der Waals surface area contributed by atoms with Crippen LogP contribution in [-0.4, -0.2) is 17.3 Å². The molecule has 0 radical (unpaired) electrons. The maximum atomic E-state index is 9.91. The number of aliphatic hydroxyl groups excluding tert-OH is 1. The van der Waals surface area contributed by atoms with Crippen molar-refractivity contribution in [1.82, 2.24) is 0 Å². The first-order valence-corrected chi connectivity index (χ1v) is 10.3. The minimum atomic E-state index is -0.464. The molecule has 23 heavy (non-hydrogen) atoms. The van der Waals surface area contributed by atoms with Crippen LogP contribution in [0.3, 0.4) is 0 Å². The molecule has 138 valence electrons. The summed E-state index contributed by atoms with van der Waals surface area (Å²) in [5, 5.41) is 9.91. The van der Waals surface area contributed by atoms with E-state index in [2.05, 4.69) is 19.9 Å². The molecule has 0 heterocycles. The quantitative estimate of drug-likeness (QED) is 0.250. The Bertz CT molecular complexity index is 252. The Labute approximate surface area is 145 Å². The van der Waals surface area contributed by atoms with E-state index >= 15 is 0 Å². The largest absolute Gasteiger partial charge is 0.387 e. The first-order valence-electron chi connectivity index (χ1n) is 10.3. The summed E-state index contributed by atoms with van der Waals surface area (Å²) in [7, 11) is 0. The summed E-state index contributed by atoms with van der Waals surface area (Å²) in [6.07, 6.45) is 23.0. The molecule has 0 aromatic carbocycles. The molecule has 0 aliphatic carbocycles. The van der Waals surface area contributed by atoms with Crippen molar-refractivity contribution >= 4 is 0 Å². The van der Waals surface area contributed by atoms with Crippen LogP contribution in [0.25, 0.3) is 0 Å². The van der Waals surface area contributed by atoms with Gasteiger partial charge in [-0.15, -0.1) is 0 Å². The summed E-state index contributed by atoms with van der Waals surface area (Å²) in [5.74, 6) is 0. The van der Waals surface area contributed by atoms with Crippen molar-refractivity contribution in [3.8, 4) is 0 Å². The molecule has 0 aromatic rings. The van der Waals surface area contributed by atoms with Gasteiger partial charge in [-0.05, 0) is 19.3 Å². The highest BCUT2D eigenvalue weighted by atomic mass is 16.3. The topological polar surface area (TPSA) is 46.2 Å². The molecule has 0 unspecified atom stereocenters. The van der Waals surface area contributed by atoms with E-state index in [1.165, 1.54) is 70.6 Å². The van der Waals surface area contributed by atoms with E-state index in [1.54, 1.807) is 0 Å². The van der Waals surface area contributed by atoms with Gasteiger partial charge in [0, 0.05) is 6.04 Å². The van der Waals surface area contributed by atoms with E-state index in [9.17, 15) is 5.11 Å². The third-order valence-electron chi connectivity index (χ3n) is 4.64. The predicted octanol–water partition coefficient (Wildman–Crippen LogP) is 6.12. The van der Waals surface area contributed by atoms with Crippen LogP contribution in [0.5, 0.6) is 0 Å². The van der Waals surface area contributed by atoms with Gasteiger partial charge in [0.25, 0.3) is 0 Å². The first kappa shape index (κ1) is 22.7. The standard InChI is InChI=1S/C21H43NO/c1-3-5-7-8-9-10-11-12-13-14-15-16-17-19-21(23)20(22)18-6-4-2/h17,19-21,23H,3-16,18,22H2,1-2H3/b19-17+/t20-,21+/m0/s1. The van der Waals surface area contributed by atoms with Gasteiger partial charge in [-0.1, -0.05) is 103 Å². The summed E-state index contributed by atoms with van der Waals surface area (Å²) in [5.41, 5.74) is 5.95. The summed E-state index contributed by atoms with van der Waals surface area (Å²) in [6, 6.07) is -0.0940. The summed E-state index contributed by atoms with van der Waals surface area (Å²) >= 11 is 0. The minimum absolute atomic E-state index is 0.0940. The molecule has 0 bridgehead atoms. The Balaban J connectivity index is 3.30. The molecule has 2 nitrogen and oxygen atoms in total. The van der Waals surface area contributed by atoms with Gasteiger partial charge in [0.05, 0.1) is 6.10 Å². The van der Waals surface area contributed by atoms with Gasteiger partial charge in [0.2, 0.25) is 0 Å². The van der Waals surface area contributed by atoms with Crippen LogP contribution in [0.15, 0.2) is 12.2 Å². The molecule has 0 aliphatic heterocycles. The molecule has 0 aromatic heterocycles. The maximum absolute atomic E-state index is 9.91. The van der Waals surface area contributed by atoms with Gasteiger partial charge >= 0.3 is 0 Å². The summed E-state index contributed by atoms with van der Waals surface area (Å²) < 4.78 is 0. The van der Waals surface area contributed by atoms with Crippen molar-refractivity contribution in [2.24, 2.45) is 5.73 Å². The molecule has 0 aliphatic rings. The van der Waals surface area contributed by atoms with Crippen molar-refractivity contribution < 1.29 is 5.11 Å². The number of unbranched alkanes of at least 4 members (excludes halogenated alkanes) is 12. The molecular weight excluding hydrogens is 282 g/mol. The molecule has 0 fully saturated rings. The van der Waals surface area contributed by atoms with Crippen LogP contribution in [0.1, 0.15) is 110 Å². The second-order valence-corrected chi connectivity index (χ2v) is 7.05. The number of hydrogen-bond acceptors (Lipinski definition) is 2. The van der Waals surface area contributed by atoms with Crippen molar-refractivity contribution in [1.29, 1.82) is 0 Å². The Morgan fingerprint density at radius 2 is 1.22 bits per heavy atom. The van der Waals surface area contributed by atoms with E-state index in [-0.39, 0.29) is 6.04 Å². The van der Waals surface area contributed by atoms with Gasteiger partial charge in [0.15, 0.2) is 0 Å². The molecular formula is C21H43NO.